The van der Waals surface area contributed by atoms with E-state index in [4.69, 9.17) is 21.7 Å². The number of benzene rings is 2. The maximum Gasteiger partial charge on any atom is 0.174 e. The Morgan fingerprint density at radius 1 is 0.857 bits per heavy atom. The summed E-state index contributed by atoms with van der Waals surface area (Å²) in [6.07, 6.45) is 1.82. The Hall–Kier alpha value is -3.84. The molecule has 35 heavy (non-hydrogen) atoms. The number of thiocarbonyl (C=S) groups is 1. The molecule has 1 saturated heterocycles. The van der Waals surface area contributed by atoms with Gasteiger partial charge in [-0.25, -0.2) is 0 Å². The molecule has 2 atom stereocenters. The Bertz CT molecular complexity index is 1370. The highest BCUT2D eigenvalue weighted by Crippen LogP contribution is 2.44. The Balaban J connectivity index is 1.68. The van der Waals surface area contributed by atoms with Gasteiger partial charge in [-0.15, -0.1) is 0 Å². The van der Waals surface area contributed by atoms with E-state index in [0.717, 1.165) is 40.0 Å². The summed E-state index contributed by atoms with van der Waals surface area (Å²) in [5, 5.41) is 4.20. The fourth-order valence-corrected chi connectivity index (χ4v) is 5.29. The average molecular weight is 485 g/mol. The molecule has 0 aliphatic carbocycles. The fourth-order valence-electron chi connectivity index (χ4n) is 4.94. The van der Waals surface area contributed by atoms with Crippen LogP contribution in [-0.2, 0) is 0 Å². The number of aromatic nitrogens is 2. The lowest BCUT2D eigenvalue weighted by Gasteiger charge is -2.28. The lowest BCUT2D eigenvalue weighted by atomic mass is 9.96. The predicted molar refractivity (Wildman–Crippen MR) is 143 cm³/mol. The fraction of sp³-hybridized carbons (Fsp3) is 0.214. The molecule has 0 saturated carbocycles. The van der Waals surface area contributed by atoms with Gasteiger partial charge in [0.05, 0.1) is 32.0 Å². The second kappa shape index (κ2) is 9.43. The van der Waals surface area contributed by atoms with Crippen molar-refractivity contribution in [3.8, 4) is 17.2 Å². The lowest BCUT2D eigenvalue weighted by molar-refractivity contribution is 0.414. The predicted octanol–water partition coefficient (Wildman–Crippen LogP) is 5.68. The van der Waals surface area contributed by atoms with Gasteiger partial charge in [-0.1, -0.05) is 18.2 Å². The molecule has 0 radical (unpaired) electrons. The van der Waals surface area contributed by atoms with Gasteiger partial charge in [0.25, 0.3) is 0 Å². The number of methoxy groups -OCH3 is 2. The maximum absolute atomic E-state index is 5.89. The van der Waals surface area contributed by atoms with Gasteiger partial charge in [0, 0.05) is 41.1 Å². The first-order valence-electron chi connectivity index (χ1n) is 11.5. The van der Waals surface area contributed by atoms with E-state index in [-0.39, 0.29) is 12.1 Å². The minimum atomic E-state index is -0.117. The van der Waals surface area contributed by atoms with Crippen molar-refractivity contribution in [2.45, 2.75) is 25.9 Å². The third kappa shape index (κ3) is 4.12. The van der Waals surface area contributed by atoms with E-state index in [2.05, 4.69) is 57.9 Å². The van der Waals surface area contributed by atoms with Crippen LogP contribution >= 0.6 is 12.2 Å². The number of rotatable bonds is 6. The van der Waals surface area contributed by atoms with Gasteiger partial charge in [-0.2, -0.15) is 0 Å². The normalized spacial score (nSPS) is 17.4. The molecule has 0 bridgehead atoms. The third-order valence-corrected chi connectivity index (χ3v) is 6.84. The summed E-state index contributed by atoms with van der Waals surface area (Å²) in [5.74, 6) is 1.61. The lowest BCUT2D eigenvalue weighted by Crippen LogP contribution is -2.29. The van der Waals surface area contributed by atoms with Crippen molar-refractivity contribution in [1.82, 2.24) is 14.9 Å². The zero-order chi connectivity index (χ0) is 24.5. The van der Waals surface area contributed by atoms with Crippen LogP contribution < -0.4 is 19.7 Å². The molecule has 2 aromatic heterocycles. The number of aryl methyl sites for hydroxylation is 1. The zero-order valence-electron chi connectivity index (χ0n) is 20.2. The minimum Gasteiger partial charge on any atom is -0.497 e. The summed E-state index contributed by atoms with van der Waals surface area (Å²) in [7, 11) is 3.37. The Kier molecular flexibility index (Phi) is 6.17. The van der Waals surface area contributed by atoms with Crippen LogP contribution in [0.15, 0.2) is 79.0 Å². The number of pyridine rings is 1. The number of ether oxygens (including phenoxy) is 2. The van der Waals surface area contributed by atoms with Crippen LogP contribution in [0.2, 0.25) is 0 Å². The molecule has 2 unspecified atom stereocenters. The van der Waals surface area contributed by atoms with Gasteiger partial charge in [0.1, 0.15) is 11.5 Å². The number of anilines is 1. The molecule has 4 aromatic rings. The van der Waals surface area contributed by atoms with Gasteiger partial charge in [0.15, 0.2) is 5.11 Å². The first-order valence-corrected chi connectivity index (χ1v) is 11.9. The summed E-state index contributed by atoms with van der Waals surface area (Å²) < 4.78 is 13.3. The third-order valence-electron chi connectivity index (χ3n) is 6.53. The molecule has 0 spiro atoms. The van der Waals surface area contributed by atoms with E-state index in [9.17, 15) is 0 Å². The molecule has 1 aliphatic heterocycles. The average Bonchev–Trinajstić information content (AvgIpc) is 3.39. The maximum atomic E-state index is 5.89. The van der Waals surface area contributed by atoms with E-state index in [1.807, 2.05) is 54.7 Å². The highest BCUT2D eigenvalue weighted by Gasteiger charge is 2.42. The van der Waals surface area contributed by atoms with Crippen molar-refractivity contribution in [2.75, 3.05) is 19.1 Å². The summed E-state index contributed by atoms with van der Waals surface area (Å²) in [5.41, 5.74) is 6.42. The highest BCUT2D eigenvalue weighted by molar-refractivity contribution is 7.80. The largest absolute Gasteiger partial charge is 0.497 e. The SMILES string of the molecule is COc1cccc(N2C(=S)NC(c3ccccn3)C2c2cc(C)n(-c3cccc(OC)c3)c2C)c1. The van der Waals surface area contributed by atoms with Crippen molar-refractivity contribution in [2.24, 2.45) is 0 Å². The molecule has 1 N–H and O–H groups in total. The van der Waals surface area contributed by atoms with Crippen LogP contribution in [0, 0.1) is 13.8 Å². The van der Waals surface area contributed by atoms with E-state index in [1.165, 1.54) is 5.56 Å². The Labute approximate surface area is 211 Å². The molecule has 2 aromatic carbocycles. The highest BCUT2D eigenvalue weighted by atomic mass is 32.1. The van der Waals surface area contributed by atoms with Crippen LogP contribution in [0.3, 0.4) is 0 Å². The Morgan fingerprint density at radius 3 is 2.20 bits per heavy atom. The summed E-state index contributed by atoms with van der Waals surface area (Å²) in [6, 6.07) is 24.1. The molecule has 1 aliphatic rings. The molecular weight excluding hydrogens is 456 g/mol. The zero-order valence-corrected chi connectivity index (χ0v) is 21.0. The van der Waals surface area contributed by atoms with Crippen molar-refractivity contribution < 1.29 is 9.47 Å². The van der Waals surface area contributed by atoms with Gasteiger partial charge in [0.2, 0.25) is 0 Å². The quantitative estimate of drug-likeness (QED) is 0.355. The van der Waals surface area contributed by atoms with Crippen LogP contribution in [0.4, 0.5) is 5.69 Å². The Morgan fingerprint density at radius 2 is 1.54 bits per heavy atom. The van der Waals surface area contributed by atoms with Crippen molar-refractivity contribution in [1.29, 1.82) is 0 Å². The molecule has 178 valence electrons. The van der Waals surface area contributed by atoms with Crippen LogP contribution in [0.1, 0.15) is 34.7 Å². The van der Waals surface area contributed by atoms with Crippen LogP contribution in [0.5, 0.6) is 11.5 Å². The molecule has 0 amide bonds. The topological polar surface area (TPSA) is 51.5 Å². The molecule has 5 rings (SSSR count). The summed E-state index contributed by atoms with van der Waals surface area (Å²) >= 11 is 5.89. The number of nitrogens with one attached hydrogen (secondary N) is 1. The summed E-state index contributed by atoms with van der Waals surface area (Å²) in [6.45, 7) is 4.28. The van der Waals surface area contributed by atoms with Crippen LogP contribution in [0.25, 0.3) is 5.69 Å². The summed E-state index contributed by atoms with van der Waals surface area (Å²) in [4.78, 5) is 6.85. The standard InChI is InChI=1S/C28H28N4O2S/c1-18-15-24(19(2)31(18)20-9-7-11-22(16-20)33-3)27-26(25-13-5-6-14-29-25)30-28(35)32(27)21-10-8-12-23(17-21)34-4/h5-17,26-27H,1-4H3,(H,30,35). The molecule has 7 heteroatoms. The van der Waals surface area contributed by atoms with E-state index in [1.54, 1.807) is 14.2 Å². The molecular formula is C28H28N4O2S. The van der Waals surface area contributed by atoms with Gasteiger partial charge >= 0.3 is 0 Å². The number of nitrogens with zero attached hydrogens (tertiary/aromatic N) is 3. The number of hydrogen-bond acceptors (Lipinski definition) is 4. The van der Waals surface area contributed by atoms with E-state index >= 15 is 0 Å². The van der Waals surface area contributed by atoms with E-state index < -0.39 is 0 Å². The molecule has 6 nitrogen and oxygen atoms in total. The second-order valence-corrected chi connectivity index (χ2v) is 8.95. The van der Waals surface area contributed by atoms with Crippen LogP contribution in [-0.4, -0.2) is 28.9 Å². The smallest absolute Gasteiger partial charge is 0.174 e. The van der Waals surface area contributed by atoms with Crippen molar-refractivity contribution >= 4 is 23.0 Å². The van der Waals surface area contributed by atoms with E-state index in [0.29, 0.717) is 5.11 Å². The van der Waals surface area contributed by atoms with Gasteiger partial charge < -0.3 is 24.3 Å². The van der Waals surface area contributed by atoms with Crippen molar-refractivity contribution in [3.63, 3.8) is 0 Å². The van der Waals surface area contributed by atoms with Crippen molar-refractivity contribution in [3.05, 3.63) is 102 Å². The number of hydrogen-bond donors (Lipinski definition) is 1. The monoisotopic (exact) mass is 484 g/mol. The second-order valence-electron chi connectivity index (χ2n) is 8.56. The van der Waals surface area contributed by atoms with Gasteiger partial charge in [-0.3, -0.25) is 4.98 Å². The van der Waals surface area contributed by atoms with Gasteiger partial charge in [-0.05, 0) is 74.1 Å². The first kappa shape index (κ1) is 22.9. The molecule has 3 heterocycles. The first-order chi connectivity index (χ1) is 17.0. The molecule has 1 fully saturated rings. The minimum absolute atomic E-state index is 0.102.